The number of methoxy groups -OCH3 is 2. The Morgan fingerprint density at radius 1 is 0.750 bits per heavy atom. The van der Waals surface area contributed by atoms with Crippen molar-refractivity contribution in [2.75, 3.05) is 14.2 Å². The van der Waals surface area contributed by atoms with E-state index in [-0.39, 0.29) is 25.4 Å². The van der Waals surface area contributed by atoms with Crippen molar-refractivity contribution < 1.29 is 20.5 Å². The summed E-state index contributed by atoms with van der Waals surface area (Å²) in [5.41, 5.74) is 6.57. The van der Waals surface area contributed by atoms with Crippen molar-refractivity contribution >= 4 is 17.5 Å². The van der Waals surface area contributed by atoms with Crippen LogP contribution in [0, 0.1) is 0 Å². The number of nitrogens with zero attached hydrogens (tertiary/aromatic N) is 4. The first kappa shape index (κ1) is 30.1. The van der Waals surface area contributed by atoms with Gasteiger partial charge in [-0.1, -0.05) is 74.5 Å². The topological polar surface area (TPSA) is 88.2 Å². The molecule has 0 bridgehead atoms. The molecule has 8 heteroatoms. The van der Waals surface area contributed by atoms with Crippen molar-refractivity contribution in [1.29, 1.82) is 0 Å². The van der Waals surface area contributed by atoms with E-state index in [1.165, 1.54) is 31.5 Å². The van der Waals surface area contributed by atoms with Gasteiger partial charge >= 0.3 is 11.9 Å². The molecule has 0 saturated heterocycles. The highest BCUT2D eigenvalue weighted by molar-refractivity contribution is 5.87. The third-order valence-electron chi connectivity index (χ3n) is 6.89. The largest absolute Gasteiger partial charge is 0.464 e. The van der Waals surface area contributed by atoms with Gasteiger partial charge in [-0.05, 0) is 48.9 Å². The van der Waals surface area contributed by atoms with Crippen LogP contribution < -0.4 is 0 Å². The molecule has 4 rings (SSSR count). The maximum Gasteiger partial charge on any atom is 0.356 e. The first-order valence-corrected chi connectivity index (χ1v) is 13.2. The van der Waals surface area contributed by atoms with Gasteiger partial charge < -0.3 is 18.6 Å². The fourth-order valence-electron chi connectivity index (χ4n) is 4.72. The molecular formula is C32H40N4O4. The van der Waals surface area contributed by atoms with E-state index in [1.54, 1.807) is 18.9 Å². The third-order valence-corrected chi connectivity index (χ3v) is 6.89. The van der Waals surface area contributed by atoms with Gasteiger partial charge in [0.1, 0.15) is 11.4 Å². The highest BCUT2D eigenvalue weighted by atomic mass is 16.5. The molecule has 0 amide bonds. The molecule has 0 aliphatic carbocycles. The molecule has 2 atom stereocenters. The Balaban J connectivity index is 0.000000280. The number of carbonyl (C=O) groups is 2. The normalized spacial score (nSPS) is 12.2. The van der Waals surface area contributed by atoms with E-state index >= 15 is 0 Å². The molecule has 212 valence electrons. The Kier molecular flexibility index (Phi) is 10.2. The van der Waals surface area contributed by atoms with Crippen molar-refractivity contribution in [2.24, 2.45) is 0 Å². The lowest BCUT2D eigenvalue weighted by Crippen LogP contribution is -2.15. The molecule has 0 aliphatic rings. The van der Waals surface area contributed by atoms with Gasteiger partial charge in [0, 0.05) is 1.43 Å². The van der Waals surface area contributed by atoms with Crippen LogP contribution in [0.3, 0.4) is 0 Å². The van der Waals surface area contributed by atoms with Gasteiger partial charge in [-0.2, -0.15) is 0 Å². The van der Waals surface area contributed by atoms with Crippen LogP contribution in [0.1, 0.15) is 97.3 Å². The minimum absolute atomic E-state index is 0. The van der Waals surface area contributed by atoms with E-state index in [0.29, 0.717) is 17.3 Å². The number of allylic oxidation sites excluding steroid dienone is 1. The molecule has 0 unspecified atom stereocenters. The Hall–Kier alpha value is -4.46. The summed E-state index contributed by atoms with van der Waals surface area (Å²) in [5, 5.41) is 0. The molecule has 8 nitrogen and oxygen atoms in total. The second-order valence-corrected chi connectivity index (χ2v) is 9.86. The zero-order chi connectivity index (χ0) is 29.4. The summed E-state index contributed by atoms with van der Waals surface area (Å²) in [6.07, 6.45) is 6.38. The van der Waals surface area contributed by atoms with Gasteiger partial charge in [-0.3, -0.25) is 0 Å². The molecule has 2 heterocycles. The number of hydrogen-bond acceptors (Lipinski definition) is 6. The molecule has 2 aromatic carbocycles. The lowest BCUT2D eigenvalue weighted by Gasteiger charge is -2.21. The average Bonchev–Trinajstić information content (AvgIpc) is 3.66. The number of benzene rings is 2. The first-order chi connectivity index (χ1) is 19.1. The Morgan fingerprint density at radius 3 is 1.62 bits per heavy atom. The van der Waals surface area contributed by atoms with Crippen LogP contribution in [0.2, 0.25) is 0 Å². The molecule has 4 aromatic rings. The zero-order valence-corrected chi connectivity index (χ0v) is 24.3. The molecule has 0 N–H and O–H groups in total. The quantitative estimate of drug-likeness (QED) is 0.223. The van der Waals surface area contributed by atoms with E-state index in [1.807, 2.05) is 59.4 Å². The number of carbonyl (C=O) groups excluding carboxylic acids is 2. The summed E-state index contributed by atoms with van der Waals surface area (Å²) in [6.45, 7) is 14.4. The van der Waals surface area contributed by atoms with Gasteiger partial charge in [0.2, 0.25) is 0 Å². The van der Waals surface area contributed by atoms with Crippen LogP contribution in [0.25, 0.3) is 5.57 Å². The first-order valence-electron chi connectivity index (χ1n) is 13.2. The van der Waals surface area contributed by atoms with E-state index in [2.05, 4.69) is 49.5 Å². The molecule has 40 heavy (non-hydrogen) atoms. The zero-order valence-electron chi connectivity index (χ0n) is 24.3. The number of ether oxygens (including phenoxy) is 2. The van der Waals surface area contributed by atoms with Crippen molar-refractivity contribution in [3.8, 4) is 0 Å². The van der Waals surface area contributed by atoms with Gasteiger partial charge in [-0.25, -0.2) is 19.6 Å². The highest BCUT2D eigenvalue weighted by Gasteiger charge is 2.21. The fourth-order valence-corrected chi connectivity index (χ4v) is 4.72. The monoisotopic (exact) mass is 544 g/mol. The molecular weight excluding hydrogens is 504 g/mol. The second kappa shape index (κ2) is 13.6. The van der Waals surface area contributed by atoms with Crippen molar-refractivity contribution in [3.05, 3.63) is 114 Å². The van der Waals surface area contributed by atoms with Crippen LogP contribution in [-0.4, -0.2) is 45.3 Å². The summed E-state index contributed by atoms with van der Waals surface area (Å²) in [4.78, 5) is 31.6. The standard InChI is InChI=1S/C16H20N2O2.C16H18N2O2.H2/c2*1-11(2)13-7-5-6-8-14(13)12(3)18-10-17-9-15(18)16(19)20-4;/h5-12H,1-4H3;5-10,12H,1H2,2-4H3;1H/t2*12-;/m00./s1. The number of rotatable bonds is 8. The SMILES string of the molecule is C=C(C)c1ccccc1[C@H](C)n1cncc1C(=O)OC.COC(=O)c1cncn1[C@@H](C)c1ccccc1C(C)C.[HH]. The summed E-state index contributed by atoms with van der Waals surface area (Å²) in [7, 11) is 2.75. The van der Waals surface area contributed by atoms with Crippen LogP contribution in [-0.2, 0) is 9.47 Å². The van der Waals surface area contributed by atoms with Gasteiger partial charge in [0.05, 0.1) is 51.4 Å². The van der Waals surface area contributed by atoms with Crippen molar-refractivity contribution in [2.45, 2.75) is 52.6 Å². The Morgan fingerprint density at radius 2 is 1.18 bits per heavy atom. The van der Waals surface area contributed by atoms with Gasteiger partial charge in [0.15, 0.2) is 0 Å². The van der Waals surface area contributed by atoms with E-state index in [9.17, 15) is 9.59 Å². The summed E-state index contributed by atoms with van der Waals surface area (Å²) >= 11 is 0. The lowest BCUT2D eigenvalue weighted by atomic mass is 9.93. The smallest absolute Gasteiger partial charge is 0.356 e. The number of aromatic nitrogens is 4. The molecule has 0 radical (unpaired) electrons. The predicted molar refractivity (Wildman–Crippen MR) is 159 cm³/mol. The summed E-state index contributed by atoms with van der Waals surface area (Å²) < 4.78 is 13.2. The number of imidazole rings is 2. The molecule has 0 aliphatic heterocycles. The van der Waals surface area contributed by atoms with Crippen LogP contribution in [0.15, 0.2) is 80.2 Å². The number of esters is 2. The van der Waals surface area contributed by atoms with Crippen LogP contribution in [0.4, 0.5) is 0 Å². The minimum atomic E-state index is -0.387. The molecule has 2 aromatic heterocycles. The van der Waals surface area contributed by atoms with Crippen molar-refractivity contribution in [3.63, 3.8) is 0 Å². The van der Waals surface area contributed by atoms with Gasteiger partial charge in [-0.15, -0.1) is 0 Å². The lowest BCUT2D eigenvalue weighted by molar-refractivity contribution is 0.0578. The van der Waals surface area contributed by atoms with Crippen LogP contribution in [0.5, 0.6) is 0 Å². The number of hydrogen-bond donors (Lipinski definition) is 0. The summed E-state index contributed by atoms with van der Waals surface area (Å²) in [6, 6.07) is 16.3. The van der Waals surface area contributed by atoms with Gasteiger partial charge in [0.25, 0.3) is 0 Å². The Labute approximate surface area is 237 Å². The van der Waals surface area contributed by atoms with E-state index in [0.717, 1.165) is 16.7 Å². The minimum Gasteiger partial charge on any atom is -0.464 e. The summed E-state index contributed by atoms with van der Waals surface area (Å²) in [5.74, 6) is -0.322. The molecule has 0 fully saturated rings. The van der Waals surface area contributed by atoms with E-state index in [4.69, 9.17) is 9.47 Å². The van der Waals surface area contributed by atoms with Crippen LogP contribution >= 0.6 is 0 Å². The van der Waals surface area contributed by atoms with E-state index < -0.39 is 0 Å². The predicted octanol–water partition coefficient (Wildman–Crippen LogP) is 6.96. The third kappa shape index (κ3) is 6.57. The highest BCUT2D eigenvalue weighted by Crippen LogP contribution is 2.29. The molecule has 0 spiro atoms. The fraction of sp³-hybridized carbons (Fsp3) is 0.312. The second-order valence-electron chi connectivity index (χ2n) is 9.86. The Bertz CT molecular complexity index is 1470. The molecule has 0 saturated carbocycles. The average molecular weight is 545 g/mol. The maximum absolute atomic E-state index is 11.8. The van der Waals surface area contributed by atoms with Crippen molar-refractivity contribution in [1.82, 2.24) is 19.1 Å². The maximum atomic E-state index is 11.8.